The summed E-state index contributed by atoms with van der Waals surface area (Å²) in [7, 11) is -3.15. The molecule has 0 bridgehead atoms. The Bertz CT molecular complexity index is 661. The number of rotatable bonds is 5. The summed E-state index contributed by atoms with van der Waals surface area (Å²) in [6, 6.07) is 5.52. The van der Waals surface area contributed by atoms with Gasteiger partial charge < -0.3 is 4.42 Å². The fraction of sp³-hybridized carbons (Fsp3) is 0.308. The molecule has 1 aliphatic rings. The number of nitrogens with zero attached hydrogens (tertiary/aromatic N) is 1. The Morgan fingerprint density at radius 2 is 2.21 bits per heavy atom. The lowest BCUT2D eigenvalue weighted by Crippen LogP contribution is -2.26. The molecule has 19 heavy (non-hydrogen) atoms. The zero-order chi connectivity index (χ0) is 13.3. The molecule has 0 unspecified atom stereocenters. The quantitative estimate of drug-likeness (QED) is 0.907. The molecule has 2 aromatic rings. The topological polar surface area (TPSA) is 72.2 Å². The van der Waals surface area contributed by atoms with Crippen molar-refractivity contribution in [3.8, 4) is 11.3 Å². The maximum atomic E-state index is 11.7. The van der Waals surface area contributed by atoms with Gasteiger partial charge in [-0.15, -0.1) is 0 Å². The molecule has 0 aromatic carbocycles. The van der Waals surface area contributed by atoms with Crippen molar-refractivity contribution < 1.29 is 12.8 Å². The van der Waals surface area contributed by atoms with Crippen LogP contribution >= 0.6 is 0 Å². The minimum Gasteiger partial charge on any atom is -0.464 e. The number of furan rings is 1. The molecule has 0 radical (unpaired) electrons. The lowest BCUT2D eigenvalue weighted by Gasteiger charge is -2.06. The van der Waals surface area contributed by atoms with Crippen LogP contribution in [0.1, 0.15) is 18.4 Å². The van der Waals surface area contributed by atoms with Crippen molar-refractivity contribution in [2.75, 3.05) is 0 Å². The normalized spacial score (nSPS) is 15.6. The van der Waals surface area contributed by atoms with Crippen LogP contribution in [0.4, 0.5) is 0 Å². The van der Waals surface area contributed by atoms with Crippen molar-refractivity contribution in [2.24, 2.45) is 0 Å². The SMILES string of the molecule is O=S(=O)(NCc1cncc(-c2ccco2)c1)C1CC1. The molecule has 6 heteroatoms. The highest BCUT2D eigenvalue weighted by molar-refractivity contribution is 7.90. The Morgan fingerprint density at radius 3 is 2.89 bits per heavy atom. The number of aromatic nitrogens is 1. The van der Waals surface area contributed by atoms with E-state index in [0.717, 1.165) is 29.7 Å². The van der Waals surface area contributed by atoms with E-state index >= 15 is 0 Å². The van der Waals surface area contributed by atoms with Crippen LogP contribution < -0.4 is 4.72 Å². The third-order valence-corrected chi connectivity index (χ3v) is 4.94. The van der Waals surface area contributed by atoms with Gasteiger partial charge in [-0.3, -0.25) is 4.98 Å². The largest absolute Gasteiger partial charge is 0.464 e. The Kier molecular flexibility index (Phi) is 3.12. The molecule has 0 spiro atoms. The van der Waals surface area contributed by atoms with Crippen molar-refractivity contribution in [1.29, 1.82) is 0 Å². The minimum absolute atomic E-state index is 0.200. The summed E-state index contributed by atoms with van der Waals surface area (Å²) in [5, 5.41) is -0.200. The summed E-state index contributed by atoms with van der Waals surface area (Å²) in [6.45, 7) is 0.264. The summed E-state index contributed by atoms with van der Waals surface area (Å²) in [4.78, 5) is 4.11. The zero-order valence-corrected chi connectivity index (χ0v) is 11.1. The molecular formula is C13H14N2O3S. The van der Waals surface area contributed by atoms with Gasteiger partial charge in [-0.1, -0.05) is 0 Å². The fourth-order valence-corrected chi connectivity index (χ4v) is 3.20. The van der Waals surface area contributed by atoms with Gasteiger partial charge in [0.05, 0.1) is 11.5 Å². The van der Waals surface area contributed by atoms with Crippen LogP contribution in [0.15, 0.2) is 41.3 Å². The summed E-state index contributed by atoms with van der Waals surface area (Å²) in [5.74, 6) is 0.722. The number of sulfonamides is 1. The molecule has 0 amide bonds. The summed E-state index contributed by atoms with van der Waals surface area (Å²) in [6.07, 6.45) is 6.47. The van der Waals surface area contributed by atoms with E-state index in [4.69, 9.17) is 4.42 Å². The van der Waals surface area contributed by atoms with Gasteiger partial charge in [-0.2, -0.15) is 0 Å². The molecule has 1 N–H and O–H groups in total. The molecule has 1 saturated carbocycles. The van der Waals surface area contributed by atoms with Crippen LogP contribution in [0.2, 0.25) is 0 Å². The molecular weight excluding hydrogens is 264 g/mol. The van der Waals surface area contributed by atoms with E-state index in [9.17, 15) is 8.42 Å². The van der Waals surface area contributed by atoms with Crippen LogP contribution in [0.25, 0.3) is 11.3 Å². The summed E-state index contributed by atoms with van der Waals surface area (Å²) in [5.41, 5.74) is 1.66. The summed E-state index contributed by atoms with van der Waals surface area (Å²) >= 11 is 0. The van der Waals surface area contributed by atoms with E-state index in [1.54, 1.807) is 24.7 Å². The van der Waals surface area contributed by atoms with Crippen molar-refractivity contribution in [3.05, 3.63) is 42.4 Å². The monoisotopic (exact) mass is 278 g/mol. The lowest BCUT2D eigenvalue weighted by molar-refractivity contribution is 0.579. The molecule has 3 rings (SSSR count). The van der Waals surface area contributed by atoms with E-state index < -0.39 is 10.0 Å². The second-order valence-electron chi connectivity index (χ2n) is 4.62. The first-order valence-electron chi connectivity index (χ1n) is 6.11. The standard InChI is InChI=1S/C13H14N2O3S/c16-19(17,12-3-4-12)15-8-10-6-11(9-14-7-10)13-2-1-5-18-13/h1-2,5-7,9,12,15H,3-4,8H2. The van der Waals surface area contributed by atoms with E-state index in [0.29, 0.717) is 0 Å². The van der Waals surface area contributed by atoms with Crippen LogP contribution in [-0.4, -0.2) is 18.7 Å². The molecule has 2 heterocycles. The molecule has 1 fully saturated rings. The number of pyridine rings is 1. The first-order chi connectivity index (χ1) is 9.15. The van der Waals surface area contributed by atoms with Crippen LogP contribution in [0, 0.1) is 0 Å². The van der Waals surface area contributed by atoms with E-state index in [2.05, 4.69) is 9.71 Å². The maximum Gasteiger partial charge on any atom is 0.214 e. The lowest BCUT2D eigenvalue weighted by atomic mass is 10.2. The van der Waals surface area contributed by atoms with Gasteiger partial charge in [0.25, 0.3) is 0 Å². The second-order valence-corrected chi connectivity index (χ2v) is 6.67. The first-order valence-corrected chi connectivity index (χ1v) is 7.66. The Hall–Kier alpha value is -1.66. The summed E-state index contributed by atoms with van der Waals surface area (Å²) < 4.78 is 31.4. The molecule has 5 nitrogen and oxygen atoms in total. The fourth-order valence-electron chi connectivity index (χ4n) is 1.84. The zero-order valence-electron chi connectivity index (χ0n) is 10.2. The molecule has 2 aromatic heterocycles. The van der Waals surface area contributed by atoms with Crippen LogP contribution in [0.5, 0.6) is 0 Å². The van der Waals surface area contributed by atoms with Gasteiger partial charge in [-0.05, 0) is 36.6 Å². The third kappa shape index (κ3) is 2.85. The smallest absolute Gasteiger partial charge is 0.214 e. The van der Waals surface area contributed by atoms with Crippen LogP contribution in [0.3, 0.4) is 0 Å². The number of hydrogen-bond acceptors (Lipinski definition) is 4. The number of nitrogens with one attached hydrogen (secondary N) is 1. The number of hydrogen-bond donors (Lipinski definition) is 1. The van der Waals surface area contributed by atoms with E-state index in [1.807, 2.05) is 12.1 Å². The second kappa shape index (κ2) is 4.79. The molecule has 0 saturated heterocycles. The molecule has 0 aliphatic heterocycles. The highest BCUT2D eigenvalue weighted by Crippen LogP contribution is 2.27. The average Bonchev–Trinajstić information content (AvgIpc) is 3.14. The van der Waals surface area contributed by atoms with Gasteiger partial charge in [0.2, 0.25) is 10.0 Å². The van der Waals surface area contributed by atoms with Gasteiger partial charge in [0.1, 0.15) is 5.76 Å². The molecule has 100 valence electrons. The Labute approximate surface area is 111 Å². The maximum absolute atomic E-state index is 11.7. The van der Waals surface area contributed by atoms with Gasteiger partial charge in [0, 0.05) is 24.5 Å². The predicted molar refractivity (Wildman–Crippen MR) is 70.7 cm³/mol. The third-order valence-electron chi connectivity index (χ3n) is 3.04. The minimum atomic E-state index is -3.15. The highest BCUT2D eigenvalue weighted by Gasteiger charge is 2.35. The van der Waals surface area contributed by atoms with Crippen molar-refractivity contribution in [3.63, 3.8) is 0 Å². The Morgan fingerprint density at radius 1 is 1.37 bits per heavy atom. The molecule has 0 atom stereocenters. The Balaban J connectivity index is 1.73. The first kappa shape index (κ1) is 12.4. The van der Waals surface area contributed by atoms with E-state index in [-0.39, 0.29) is 11.8 Å². The van der Waals surface area contributed by atoms with Gasteiger partial charge in [0.15, 0.2) is 0 Å². The van der Waals surface area contributed by atoms with Crippen molar-refractivity contribution in [2.45, 2.75) is 24.6 Å². The van der Waals surface area contributed by atoms with Gasteiger partial charge in [-0.25, -0.2) is 13.1 Å². The van der Waals surface area contributed by atoms with Crippen molar-refractivity contribution in [1.82, 2.24) is 9.71 Å². The predicted octanol–water partition coefficient (Wildman–Crippen LogP) is 1.92. The van der Waals surface area contributed by atoms with E-state index in [1.165, 1.54) is 0 Å². The van der Waals surface area contributed by atoms with Crippen molar-refractivity contribution >= 4 is 10.0 Å². The average molecular weight is 278 g/mol. The van der Waals surface area contributed by atoms with Crippen LogP contribution in [-0.2, 0) is 16.6 Å². The highest BCUT2D eigenvalue weighted by atomic mass is 32.2. The van der Waals surface area contributed by atoms with Gasteiger partial charge >= 0.3 is 0 Å². The molecule has 1 aliphatic carbocycles.